The summed E-state index contributed by atoms with van der Waals surface area (Å²) in [4.78, 5) is 14.0. The maximum Gasteiger partial charge on any atom is 0.227 e. The highest BCUT2D eigenvalue weighted by Gasteiger charge is 2.18. The van der Waals surface area contributed by atoms with Crippen LogP contribution in [0.25, 0.3) is 0 Å². The van der Waals surface area contributed by atoms with Gasteiger partial charge in [-0.05, 0) is 17.7 Å². The summed E-state index contributed by atoms with van der Waals surface area (Å²) in [6, 6.07) is 3.71. The maximum atomic E-state index is 12.4. The molecule has 2 rings (SSSR count). The van der Waals surface area contributed by atoms with Gasteiger partial charge in [0, 0.05) is 17.6 Å². The van der Waals surface area contributed by atoms with Crippen LogP contribution < -0.4 is 9.47 Å². The monoisotopic (exact) mass is 351 g/mol. The van der Waals surface area contributed by atoms with Gasteiger partial charge in [0.1, 0.15) is 13.2 Å². The van der Waals surface area contributed by atoms with Gasteiger partial charge in [-0.3, -0.25) is 4.79 Å². The zero-order chi connectivity index (χ0) is 15.2. The fourth-order valence-corrected chi connectivity index (χ4v) is 2.57. The van der Waals surface area contributed by atoms with Gasteiger partial charge >= 0.3 is 0 Å². The Morgan fingerprint density at radius 1 is 1.19 bits per heavy atom. The Balaban J connectivity index is 2.16. The van der Waals surface area contributed by atoms with Gasteiger partial charge in [-0.25, -0.2) is 0 Å². The van der Waals surface area contributed by atoms with Crippen LogP contribution in [0.5, 0.6) is 11.5 Å². The molecule has 0 atom stereocenters. The van der Waals surface area contributed by atoms with Crippen LogP contribution in [0.1, 0.15) is 5.56 Å². The number of rotatable bonds is 6. The number of carbonyl (C=O) groups is 1. The van der Waals surface area contributed by atoms with Crippen molar-refractivity contribution in [1.29, 1.82) is 0 Å². The van der Waals surface area contributed by atoms with E-state index in [-0.39, 0.29) is 5.91 Å². The topological polar surface area (TPSA) is 38.8 Å². The highest BCUT2D eigenvalue weighted by atomic mass is 79.9. The summed E-state index contributed by atoms with van der Waals surface area (Å²) >= 11 is 3.48. The molecule has 1 aromatic rings. The van der Waals surface area contributed by atoms with Crippen molar-refractivity contribution in [3.05, 3.63) is 47.5 Å². The number of carbonyl (C=O) groups excluding carboxylic acids is 1. The third-order valence-corrected chi connectivity index (χ3v) is 3.84. The summed E-state index contributed by atoms with van der Waals surface area (Å²) in [5, 5.41) is 0. The van der Waals surface area contributed by atoms with E-state index in [2.05, 4.69) is 29.1 Å². The summed E-state index contributed by atoms with van der Waals surface area (Å²) in [7, 11) is 0. The van der Waals surface area contributed by atoms with Crippen LogP contribution >= 0.6 is 15.9 Å². The van der Waals surface area contributed by atoms with Crippen molar-refractivity contribution in [3.63, 3.8) is 0 Å². The molecule has 0 aromatic heterocycles. The minimum absolute atomic E-state index is 0.0205. The van der Waals surface area contributed by atoms with Gasteiger partial charge in [0.2, 0.25) is 5.91 Å². The van der Waals surface area contributed by atoms with Crippen LogP contribution in [0.2, 0.25) is 0 Å². The first-order chi connectivity index (χ1) is 10.2. The zero-order valence-corrected chi connectivity index (χ0v) is 13.4. The Hall–Kier alpha value is -1.75. The van der Waals surface area contributed by atoms with E-state index in [0.29, 0.717) is 44.2 Å². The van der Waals surface area contributed by atoms with Crippen LogP contribution in [-0.4, -0.2) is 37.1 Å². The van der Waals surface area contributed by atoms with E-state index >= 15 is 0 Å². The van der Waals surface area contributed by atoms with E-state index in [1.54, 1.807) is 17.1 Å². The van der Waals surface area contributed by atoms with Gasteiger partial charge in [0.15, 0.2) is 11.5 Å². The van der Waals surface area contributed by atoms with E-state index in [4.69, 9.17) is 9.47 Å². The van der Waals surface area contributed by atoms with Crippen molar-refractivity contribution in [2.75, 3.05) is 26.3 Å². The molecule has 112 valence electrons. The minimum Gasteiger partial charge on any atom is -0.486 e. The molecule has 0 saturated carbocycles. The van der Waals surface area contributed by atoms with Crippen molar-refractivity contribution >= 4 is 21.8 Å². The number of ether oxygens (including phenoxy) is 2. The first kappa shape index (κ1) is 15.6. The third kappa shape index (κ3) is 3.88. The highest BCUT2D eigenvalue weighted by Crippen LogP contribution is 2.35. The van der Waals surface area contributed by atoms with Crippen LogP contribution in [-0.2, 0) is 11.2 Å². The van der Waals surface area contributed by atoms with E-state index in [0.717, 1.165) is 10.0 Å². The van der Waals surface area contributed by atoms with Gasteiger partial charge in [0.25, 0.3) is 0 Å². The summed E-state index contributed by atoms with van der Waals surface area (Å²) in [5.41, 5.74) is 0.877. The minimum atomic E-state index is 0.0205. The number of hydrogen-bond acceptors (Lipinski definition) is 3. The molecule has 0 spiro atoms. The smallest absolute Gasteiger partial charge is 0.227 e. The second kappa shape index (κ2) is 7.31. The fourth-order valence-electron chi connectivity index (χ4n) is 2.11. The lowest BCUT2D eigenvalue weighted by Crippen LogP contribution is -2.32. The average molecular weight is 352 g/mol. The molecule has 1 aromatic carbocycles. The van der Waals surface area contributed by atoms with Gasteiger partial charge in [-0.15, -0.1) is 13.2 Å². The van der Waals surface area contributed by atoms with Crippen LogP contribution in [0.4, 0.5) is 0 Å². The number of nitrogens with zero attached hydrogens (tertiary/aromatic N) is 1. The Bertz CT molecular complexity index is 547. The highest BCUT2D eigenvalue weighted by molar-refractivity contribution is 9.10. The standard InChI is InChI=1S/C16H18BrNO3/c1-3-5-18(6-4-2)16(19)10-12-9-14-15(11-13(12)17)21-8-7-20-14/h3-4,9,11H,1-2,5-8,10H2. The normalized spacial score (nSPS) is 12.6. The number of benzene rings is 1. The fraction of sp³-hybridized carbons (Fsp3) is 0.312. The van der Waals surface area contributed by atoms with E-state index < -0.39 is 0 Å². The number of amides is 1. The van der Waals surface area contributed by atoms with Gasteiger partial charge < -0.3 is 14.4 Å². The second-order valence-corrected chi connectivity index (χ2v) is 5.49. The molecule has 1 amide bonds. The lowest BCUT2D eigenvalue weighted by Gasteiger charge is -2.22. The molecule has 0 saturated heterocycles. The first-order valence-corrected chi connectivity index (χ1v) is 7.52. The van der Waals surface area contributed by atoms with E-state index in [1.807, 2.05) is 12.1 Å². The number of halogens is 1. The van der Waals surface area contributed by atoms with Crippen molar-refractivity contribution in [1.82, 2.24) is 4.90 Å². The molecule has 5 heteroatoms. The molecule has 1 aliphatic heterocycles. The molecular weight excluding hydrogens is 334 g/mol. The second-order valence-electron chi connectivity index (χ2n) is 4.64. The molecule has 4 nitrogen and oxygen atoms in total. The lowest BCUT2D eigenvalue weighted by atomic mass is 10.1. The maximum absolute atomic E-state index is 12.4. The molecule has 1 aliphatic rings. The van der Waals surface area contributed by atoms with Crippen molar-refractivity contribution in [2.45, 2.75) is 6.42 Å². The Morgan fingerprint density at radius 2 is 1.76 bits per heavy atom. The number of hydrogen-bond donors (Lipinski definition) is 0. The summed E-state index contributed by atoms with van der Waals surface area (Å²) < 4.78 is 11.9. The largest absolute Gasteiger partial charge is 0.486 e. The molecule has 0 aliphatic carbocycles. The third-order valence-electron chi connectivity index (χ3n) is 3.10. The first-order valence-electron chi connectivity index (χ1n) is 6.73. The quantitative estimate of drug-likeness (QED) is 0.739. The predicted octanol–water partition coefficient (Wildman–Crippen LogP) is 2.96. The van der Waals surface area contributed by atoms with Gasteiger partial charge in [-0.2, -0.15) is 0 Å². The SMILES string of the molecule is C=CCN(CC=C)C(=O)Cc1cc2c(cc1Br)OCCO2. The van der Waals surface area contributed by atoms with Gasteiger partial charge in [0.05, 0.1) is 6.42 Å². The number of fused-ring (bicyclic) bond motifs is 1. The molecule has 0 unspecified atom stereocenters. The van der Waals surface area contributed by atoms with Crippen LogP contribution in [0.3, 0.4) is 0 Å². The average Bonchev–Trinajstić information content (AvgIpc) is 2.47. The van der Waals surface area contributed by atoms with Crippen LogP contribution in [0.15, 0.2) is 41.9 Å². The van der Waals surface area contributed by atoms with Gasteiger partial charge in [-0.1, -0.05) is 28.1 Å². The molecule has 21 heavy (non-hydrogen) atoms. The van der Waals surface area contributed by atoms with Crippen molar-refractivity contribution < 1.29 is 14.3 Å². The molecule has 0 radical (unpaired) electrons. The van der Waals surface area contributed by atoms with Crippen LogP contribution in [0, 0.1) is 0 Å². The molecule has 0 fully saturated rings. The Kier molecular flexibility index (Phi) is 5.44. The molecule has 1 heterocycles. The van der Waals surface area contributed by atoms with E-state index in [9.17, 15) is 4.79 Å². The Labute approximate surface area is 133 Å². The zero-order valence-electron chi connectivity index (χ0n) is 11.8. The lowest BCUT2D eigenvalue weighted by molar-refractivity contribution is -0.129. The summed E-state index contributed by atoms with van der Waals surface area (Å²) in [6.07, 6.45) is 3.71. The Morgan fingerprint density at radius 3 is 2.33 bits per heavy atom. The molecular formula is C16H18BrNO3. The summed E-state index contributed by atoms with van der Waals surface area (Å²) in [6.45, 7) is 9.44. The molecule has 0 N–H and O–H groups in total. The molecule has 0 bridgehead atoms. The predicted molar refractivity (Wildman–Crippen MR) is 85.8 cm³/mol. The summed E-state index contributed by atoms with van der Waals surface area (Å²) in [5.74, 6) is 1.41. The van der Waals surface area contributed by atoms with Crippen molar-refractivity contribution in [2.24, 2.45) is 0 Å². The van der Waals surface area contributed by atoms with E-state index in [1.165, 1.54) is 0 Å². The van der Waals surface area contributed by atoms with Crippen molar-refractivity contribution in [3.8, 4) is 11.5 Å².